The molecule has 0 atom stereocenters. The van der Waals surface area contributed by atoms with Crippen LogP contribution in [0.1, 0.15) is 15.9 Å². The molecule has 0 amide bonds. The minimum Gasteiger partial charge on any atom is -0.423 e. The molecule has 0 aliphatic carbocycles. The Bertz CT molecular complexity index is 499. The third-order valence-corrected chi connectivity index (χ3v) is 2.82. The minimum absolute atomic E-state index is 0.0416. The third-order valence-electron chi connectivity index (χ3n) is 1.81. The largest absolute Gasteiger partial charge is 0.488 e. The van der Waals surface area contributed by atoms with Crippen molar-refractivity contribution in [1.29, 1.82) is 0 Å². The second kappa shape index (κ2) is 4.96. The van der Waals surface area contributed by atoms with Crippen molar-refractivity contribution in [2.45, 2.75) is 5.75 Å². The normalized spacial score (nSPS) is 11.2. The zero-order valence-corrected chi connectivity index (χ0v) is 9.57. The van der Waals surface area contributed by atoms with Gasteiger partial charge in [0.05, 0.1) is 5.75 Å². The molecular formula is C8H8BClO5S. The van der Waals surface area contributed by atoms with Gasteiger partial charge in [-0.1, -0.05) is 12.1 Å². The lowest BCUT2D eigenvalue weighted by molar-refractivity contribution is 0.112. The summed E-state index contributed by atoms with van der Waals surface area (Å²) < 4.78 is 21.7. The maximum Gasteiger partial charge on any atom is 0.488 e. The van der Waals surface area contributed by atoms with Gasteiger partial charge in [-0.2, -0.15) is 0 Å². The molecule has 0 bridgehead atoms. The third kappa shape index (κ3) is 3.94. The minimum atomic E-state index is -3.75. The predicted octanol–water partition coefficient (Wildman–Crippen LogP) is -0.752. The molecule has 0 saturated carbocycles. The van der Waals surface area contributed by atoms with E-state index in [2.05, 4.69) is 0 Å². The van der Waals surface area contributed by atoms with Crippen LogP contribution in [0, 0.1) is 0 Å². The van der Waals surface area contributed by atoms with E-state index in [0.717, 1.165) is 0 Å². The van der Waals surface area contributed by atoms with Gasteiger partial charge in [0.2, 0.25) is 9.05 Å². The Hall–Kier alpha value is -0.885. The highest BCUT2D eigenvalue weighted by molar-refractivity contribution is 8.13. The molecule has 0 aromatic heterocycles. The number of rotatable bonds is 4. The summed E-state index contributed by atoms with van der Waals surface area (Å²) in [5.74, 6) is -0.476. The molecular weight excluding hydrogens is 254 g/mol. The van der Waals surface area contributed by atoms with Gasteiger partial charge in [0.25, 0.3) is 0 Å². The first-order chi connectivity index (χ1) is 7.31. The average Bonchev–Trinajstić information content (AvgIpc) is 2.14. The Morgan fingerprint density at radius 2 is 1.94 bits per heavy atom. The molecule has 1 aromatic carbocycles. The SMILES string of the molecule is O=Cc1cc(CS(=O)(=O)Cl)cc(B(O)O)c1. The zero-order chi connectivity index (χ0) is 12.3. The Balaban J connectivity index is 3.19. The van der Waals surface area contributed by atoms with Crippen LogP contribution in [0.5, 0.6) is 0 Å². The Morgan fingerprint density at radius 1 is 1.31 bits per heavy atom. The summed E-state index contributed by atoms with van der Waals surface area (Å²) >= 11 is 0. The number of aldehydes is 1. The molecule has 0 fully saturated rings. The first-order valence-corrected chi connectivity index (χ1v) is 6.67. The number of carbonyl (C=O) groups is 1. The number of halogens is 1. The van der Waals surface area contributed by atoms with Gasteiger partial charge in [-0.15, -0.1) is 0 Å². The molecule has 0 heterocycles. The van der Waals surface area contributed by atoms with Gasteiger partial charge < -0.3 is 10.0 Å². The summed E-state index contributed by atoms with van der Waals surface area (Å²) in [5.41, 5.74) is 0.420. The van der Waals surface area contributed by atoms with E-state index in [1.165, 1.54) is 18.2 Å². The highest BCUT2D eigenvalue weighted by Crippen LogP contribution is 2.10. The van der Waals surface area contributed by atoms with Crippen LogP contribution in [-0.2, 0) is 14.8 Å². The van der Waals surface area contributed by atoms with Gasteiger partial charge in [-0.05, 0) is 17.1 Å². The monoisotopic (exact) mass is 262 g/mol. The van der Waals surface area contributed by atoms with E-state index in [4.69, 9.17) is 20.7 Å². The van der Waals surface area contributed by atoms with E-state index in [1.807, 2.05) is 0 Å². The number of benzene rings is 1. The summed E-state index contributed by atoms with van der Waals surface area (Å²) in [7, 11) is -0.465. The molecule has 1 rings (SSSR count). The quantitative estimate of drug-likeness (QED) is 0.423. The molecule has 0 radical (unpaired) electrons. The van der Waals surface area contributed by atoms with Crippen molar-refractivity contribution in [3.63, 3.8) is 0 Å². The van der Waals surface area contributed by atoms with Gasteiger partial charge in [-0.25, -0.2) is 8.42 Å². The lowest BCUT2D eigenvalue weighted by Crippen LogP contribution is -2.30. The highest BCUT2D eigenvalue weighted by atomic mass is 35.7. The topological polar surface area (TPSA) is 91.7 Å². The summed E-state index contributed by atoms with van der Waals surface area (Å²) in [6.45, 7) is 0. The molecule has 0 spiro atoms. The van der Waals surface area contributed by atoms with Crippen molar-refractivity contribution in [2.75, 3.05) is 0 Å². The van der Waals surface area contributed by atoms with E-state index >= 15 is 0 Å². The molecule has 2 N–H and O–H groups in total. The van der Waals surface area contributed by atoms with Gasteiger partial charge >= 0.3 is 7.12 Å². The first-order valence-electron chi connectivity index (χ1n) is 4.19. The summed E-state index contributed by atoms with van der Waals surface area (Å²) in [4.78, 5) is 10.6. The summed E-state index contributed by atoms with van der Waals surface area (Å²) in [6, 6.07) is 3.83. The lowest BCUT2D eigenvalue weighted by atomic mass is 9.79. The van der Waals surface area contributed by atoms with E-state index < -0.39 is 21.9 Å². The molecule has 86 valence electrons. The second-order valence-corrected chi connectivity index (χ2v) is 5.96. The molecule has 0 aliphatic rings. The van der Waals surface area contributed by atoms with Crippen LogP contribution in [0.4, 0.5) is 0 Å². The van der Waals surface area contributed by atoms with Gasteiger partial charge in [0.1, 0.15) is 6.29 Å². The van der Waals surface area contributed by atoms with Crippen molar-refractivity contribution < 1.29 is 23.3 Å². The molecule has 0 saturated heterocycles. The summed E-state index contributed by atoms with van der Waals surface area (Å²) in [6.07, 6.45) is 0.482. The summed E-state index contributed by atoms with van der Waals surface area (Å²) in [5, 5.41) is 17.8. The van der Waals surface area contributed by atoms with Crippen LogP contribution in [0.15, 0.2) is 18.2 Å². The number of hydrogen-bond donors (Lipinski definition) is 2. The highest BCUT2D eigenvalue weighted by Gasteiger charge is 2.15. The molecule has 0 unspecified atom stereocenters. The van der Waals surface area contributed by atoms with E-state index in [1.54, 1.807) is 0 Å². The predicted molar refractivity (Wildman–Crippen MR) is 60.1 cm³/mol. The van der Waals surface area contributed by atoms with Crippen LogP contribution in [-0.4, -0.2) is 31.9 Å². The fourth-order valence-electron chi connectivity index (χ4n) is 1.25. The van der Waals surface area contributed by atoms with Crippen molar-refractivity contribution in [1.82, 2.24) is 0 Å². The number of carbonyl (C=O) groups excluding carboxylic acids is 1. The van der Waals surface area contributed by atoms with Gasteiger partial charge in [0, 0.05) is 16.2 Å². The van der Waals surface area contributed by atoms with E-state index in [-0.39, 0.29) is 16.6 Å². The zero-order valence-electron chi connectivity index (χ0n) is 8.00. The van der Waals surface area contributed by atoms with E-state index in [0.29, 0.717) is 6.29 Å². The lowest BCUT2D eigenvalue weighted by Gasteiger charge is -2.04. The fraction of sp³-hybridized carbons (Fsp3) is 0.125. The maximum absolute atomic E-state index is 10.8. The standard InChI is InChI=1S/C8H8BClO5S/c10-16(14,15)5-7-1-6(4-11)2-8(3-7)9(12)13/h1-4,12-13H,5H2. The maximum atomic E-state index is 10.8. The van der Waals surface area contributed by atoms with Crippen molar-refractivity contribution in [2.24, 2.45) is 0 Å². The molecule has 1 aromatic rings. The molecule has 0 aliphatic heterocycles. The van der Waals surface area contributed by atoms with Gasteiger partial charge in [-0.3, -0.25) is 4.79 Å². The van der Waals surface area contributed by atoms with Crippen LogP contribution < -0.4 is 5.46 Å². The molecule has 8 heteroatoms. The Kier molecular flexibility index (Phi) is 4.09. The van der Waals surface area contributed by atoms with Crippen LogP contribution in [0.25, 0.3) is 0 Å². The van der Waals surface area contributed by atoms with Crippen molar-refractivity contribution in [3.8, 4) is 0 Å². The second-order valence-electron chi connectivity index (χ2n) is 3.18. The Labute approximate surface area is 97.2 Å². The fourth-order valence-corrected chi connectivity index (χ4v) is 2.19. The van der Waals surface area contributed by atoms with Crippen molar-refractivity contribution >= 4 is 38.6 Å². The van der Waals surface area contributed by atoms with Crippen LogP contribution >= 0.6 is 10.7 Å². The number of hydrogen-bond acceptors (Lipinski definition) is 5. The van der Waals surface area contributed by atoms with Crippen LogP contribution in [0.3, 0.4) is 0 Å². The molecule has 16 heavy (non-hydrogen) atoms. The smallest absolute Gasteiger partial charge is 0.423 e. The van der Waals surface area contributed by atoms with Crippen LogP contribution in [0.2, 0.25) is 0 Å². The van der Waals surface area contributed by atoms with E-state index in [9.17, 15) is 13.2 Å². The van der Waals surface area contributed by atoms with Gasteiger partial charge in [0.15, 0.2) is 0 Å². The Morgan fingerprint density at radius 3 is 2.38 bits per heavy atom. The average molecular weight is 262 g/mol. The van der Waals surface area contributed by atoms with Crippen molar-refractivity contribution in [3.05, 3.63) is 29.3 Å². The first kappa shape index (κ1) is 13.2. The molecule has 5 nitrogen and oxygen atoms in total.